The molecule has 0 spiro atoms. The Morgan fingerprint density at radius 1 is 0.955 bits per heavy atom. The van der Waals surface area contributed by atoms with E-state index in [1.807, 2.05) is 0 Å². The first-order valence-corrected chi connectivity index (χ1v) is 7.23. The van der Waals surface area contributed by atoms with E-state index in [-0.39, 0.29) is 11.1 Å². The molecule has 0 unspecified atom stereocenters. The summed E-state index contributed by atoms with van der Waals surface area (Å²) in [5, 5.41) is 7.76. The first-order valence-electron chi connectivity index (χ1n) is 6.25. The van der Waals surface area contributed by atoms with Gasteiger partial charge < -0.3 is 5.84 Å². The molecule has 22 heavy (non-hydrogen) atoms. The maximum absolute atomic E-state index is 13.5. The summed E-state index contributed by atoms with van der Waals surface area (Å²) in [6.45, 7) is 0. The van der Waals surface area contributed by atoms with Gasteiger partial charge in [0.05, 0.1) is 0 Å². The largest absolute Gasteiger partial charge is 0.336 e. The van der Waals surface area contributed by atoms with Crippen LogP contribution in [0.15, 0.2) is 5.16 Å². The van der Waals surface area contributed by atoms with Crippen molar-refractivity contribution < 1.29 is 22.0 Å². The standard InChI is InChI=1S/C12H9F5N4S/c13-6-5(7(14)9(16)10(17)8(6)15)3-22-12-20-19-11(21(12)18)4-1-2-4/h4H,1-3,18H2. The van der Waals surface area contributed by atoms with Gasteiger partial charge in [-0.1, -0.05) is 11.8 Å². The van der Waals surface area contributed by atoms with Crippen molar-refractivity contribution >= 4 is 11.8 Å². The second-order valence-electron chi connectivity index (χ2n) is 4.82. The summed E-state index contributed by atoms with van der Waals surface area (Å²) >= 11 is 0.746. The number of nitrogen functional groups attached to an aromatic ring is 1. The highest BCUT2D eigenvalue weighted by atomic mass is 32.2. The fraction of sp³-hybridized carbons (Fsp3) is 0.333. The van der Waals surface area contributed by atoms with Gasteiger partial charge in [-0.05, 0) is 12.8 Å². The van der Waals surface area contributed by atoms with Crippen LogP contribution >= 0.6 is 11.8 Å². The summed E-state index contributed by atoms with van der Waals surface area (Å²) in [5.41, 5.74) is -0.919. The number of hydrogen-bond donors (Lipinski definition) is 1. The Kier molecular flexibility index (Phi) is 3.71. The van der Waals surface area contributed by atoms with Gasteiger partial charge in [0.1, 0.15) is 0 Å². The van der Waals surface area contributed by atoms with Gasteiger partial charge in [0.25, 0.3) is 0 Å². The van der Waals surface area contributed by atoms with E-state index in [9.17, 15) is 22.0 Å². The molecule has 1 aromatic carbocycles. The minimum atomic E-state index is -2.18. The molecule has 0 radical (unpaired) electrons. The monoisotopic (exact) mass is 336 g/mol. The number of halogens is 5. The number of nitrogens with zero attached hydrogens (tertiary/aromatic N) is 3. The van der Waals surface area contributed by atoms with Crippen molar-refractivity contribution in [1.82, 2.24) is 14.9 Å². The van der Waals surface area contributed by atoms with Crippen LogP contribution in [0.25, 0.3) is 0 Å². The van der Waals surface area contributed by atoms with Gasteiger partial charge in [-0.3, -0.25) is 0 Å². The van der Waals surface area contributed by atoms with Crippen molar-refractivity contribution in [3.8, 4) is 0 Å². The third-order valence-electron chi connectivity index (χ3n) is 3.28. The zero-order valence-corrected chi connectivity index (χ0v) is 11.7. The van der Waals surface area contributed by atoms with Gasteiger partial charge in [0.15, 0.2) is 29.1 Å². The van der Waals surface area contributed by atoms with Crippen molar-refractivity contribution in [2.75, 3.05) is 5.84 Å². The average Bonchev–Trinajstić information content (AvgIpc) is 3.28. The third-order valence-corrected chi connectivity index (χ3v) is 4.25. The molecule has 2 N–H and O–H groups in total. The molecule has 118 valence electrons. The van der Waals surface area contributed by atoms with Gasteiger partial charge in [0, 0.05) is 17.2 Å². The Bertz CT molecular complexity index is 715. The fourth-order valence-corrected chi connectivity index (χ4v) is 2.78. The minimum Gasteiger partial charge on any atom is -0.336 e. The molecule has 10 heteroatoms. The second kappa shape index (κ2) is 5.41. The third kappa shape index (κ3) is 2.40. The molecule has 3 rings (SSSR count). The minimum absolute atomic E-state index is 0.144. The molecule has 2 aromatic rings. The lowest BCUT2D eigenvalue weighted by atomic mass is 10.2. The van der Waals surface area contributed by atoms with E-state index in [0.717, 1.165) is 24.6 Å². The summed E-state index contributed by atoms with van der Waals surface area (Å²) in [6, 6.07) is 0. The molecule has 1 saturated carbocycles. The van der Waals surface area contributed by atoms with Crippen LogP contribution in [0.2, 0.25) is 0 Å². The van der Waals surface area contributed by atoms with E-state index >= 15 is 0 Å². The first kappa shape index (κ1) is 15.1. The lowest BCUT2D eigenvalue weighted by molar-refractivity contribution is 0.372. The van der Waals surface area contributed by atoms with Crippen LogP contribution in [-0.4, -0.2) is 14.9 Å². The molecule has 0 aliphatic heterocycles. The predicted molar refractivity (Wildman–Crippen MR) is 67.9 cm³/mol. The van der Waals surface area contributed by atoms with Gasteiger partial charge in [-0.2, -0.15) is 0 Å². The zero-order chi connectivity index (χ0) is 16.0. The van der Waals surface area contributed by atoms with Gasteiger partial charge >= 0.3 is 0 Å². The first-order chi connectivity index (χ1) is 10.4. The molecule has 0 bridgehead atoms. The van der Waals surface area contributed by atoms with Gasteiger partial charge in [-0.25, -0.2) is 26.6 Å². The molecule has 1 aliphatic carbocycles. The molecule has 1 fully saturated rings. The zero-order valence-electron chi connectivity index (χ0n) is 10.9. The van der Waals surface area contributed by atoms with Crippen LogP contribution in [-0.2, 0) is 5.75 Å². The van der Waals surface area contributed by atoms with E-state index in [1.54, 1.807) is 0 Å². The summed E-state index contributed by atoms with van der Waals surface area (Å²) < 4.78 is 67.4. The number of aromatic nitrogens is 3. The number of thioether (sulfide) groups is 1. The number of nitrogens with two attached hydrogens (primary N) is 1. The van der Waals surface area contributed by atoms with E-state index in [4.69, 9.17) is 5.84 Å². The number of rotatable bonds is 4. The molecule has 0 atom stereocenters. The average molecular weight is 336 g/mol. The fourth-order valence-electron chi connectivity index (χ4n) is 1.92. The van der Waals surface area contributed by atoms with E-state index in [2.05, 4.69) is 10.2 Å². The SMILES string of the molecule is Nn1c(SCc2c(F)c(F)c(F)c(F)c2F)nnc1C1CC1. The highest BCUT2D eigenvalue weighted by molar-refractivity contribution is 7.98. The molecular formula is C12H9F5N4S. The van der Waals surface area contributed by atoms with E-state index in [1.165, 1.54) is 4.68 Å². The molecule has 0 amide bonds. The van der Waals surface area contributed by atoms with Crippen molar-refractivity contribution in [1.29, 1.82) is 0 Å². The van der Waals surface area contributed by atoms with Crippen molar-refractivity contribution in [3.63, 3.8) is 0 Å². The lowest BCUT2D eigenvalue weighted by Crippen LogP contribution is -2.13. The maximum Gasteiger partial charge on any atom is 0.210 e. The van der Waals surface area contributed by atoms with Crippen molar-refractivity contribution in [3.05, 3.63) is 40.5 Å². The van der Waals surface area contributed by atoms with Crippen LogP contribution < -0.4 is 5.84 Å². The van der Waals surface area contributed by atoms with Crippen LogP contribution in [0, 0.1) is 29.1 Å². The summed E-state index contributed by atoms with van der Waals surface area (Å²) in [5.74, 6) is -3.84. The van der Waals surface area contributed by atoms with Crippen LogP contribution in [0.1, 0.15) is 30.1 Å². The summed E-state index contributed by atoms with van der Waals surface area (Å²) in [7, 11) is 0. The van der Waals surface area contributed by atoms with Crippen molar-refractivity contribution in [2.45, 2.75) is 29.7 Å². The molecule has 1 heterocycles. The summed E-state index contributed by atoms with van der Waals surface area (Å²) in [6.07, 6.45) is 1.86. The molecular weight excluding hydrogens is 327 g/mol. The van der Waals surface area contributed by atoms with Gasteiger partial charge in [0.2, 0.25) is 11.0 Å². The number of benzene rings is 1. The Morgan fingerprint density at radius 3 is 2.05 bits per heavy atom. The molecule has 1 aliphatic rings. The highest BCUT2D eigenvalue weighted by Gasteiger charge is 2.30. The van der Waals surface area contributed by atoms with Crippen molar-refractivity contribution in [2.24, 2.45) is 0 Å². The quantitative estimate of drug-likeness (QED) is 0.307. The van der Waals surface area contributed by atoms with Crippen LogP contribution in [0.4, 0.5) is 22.0 Å². The second-order valence-corrected chi connectivity index (χ2v) is 5.76. The lowest BCUT2D eigenvalue weighted by Gasteiger charge is -2.07. The molecule has 4 nitrogen and oxygen atoms in total. The Morgan fingerprint density at radius 2 is 1.50 bits per heavy atom. The summed E-state index contributed by atoms with van der Waals surface area (Å²) in [4.78, 5) is 0. The highest BCUT2D eigenvalue weighted by Crippen LogP contribution is 2.39. The maximum atomic E-state index is 13.5. The Labute approximate surface area is 125 Å². The molecule has 1 aromatic heterocycles. The number of hydrogen-bond acceptors (Lipinski definition) is 4. The Hall–Kier alpha value is -1.84. The topological polar surface area (TPSA) is 56.7 Å². The predicted octanol–water partition coefficient (Wildman–Crippen LogP) is 2.86. The Balaban J connectivity index is 1.85. The van der Waals surface area contributed by atoms with Gasteiger partial charge in [-0.15, -0.1) is 10.2 Å². The normalized spacial score (nSPS) is 14.6. The molecule has 0 saturated heterocycles. The smallest absolute Gasteiger partial charge is 0.210 e. The van der Waals surface area contributed by atoms with Crippen LogP contribution in [0.5, 0.6) is 0 Å². The van der Waals surface area contributed by atoms with Crippen LogP contribution in [0.3, 0.4) is 0 Å². The van der Waals surface area contributed by atoms with E-state index < -0.39 is 40.4 Å². The van der Waals surface area contributed by atoms with E-state index in [0.29, 0.717) is 5.82 Å².